The van der Waals surface area contributed by atoms with Crippen LogP contribution in [0.25, 0.3) is 0 Å². The van der Waals surface area contributed by atoms with Crippen molar-refractivity contribution >= 4 is 28.7 Å². The van der Waals surface area contributed by atoms with Gasteiger partial charge in [0.2, 0.25) is 0 Å². The lowest BCUT2D eigenvalue weighted by molar-refractivity contribution is 0.0929. The van der Waals surface area contributed by atoms with Crippen LogP contribution < -0.4 is 0 Å². The van der Waals surface area contributed by atoms with Crippen LogP contribution in [0.3, 0.4) is 0 Å². The molecule has 1 aromatic rings. The second-order valence-corrected chi connectivity index (χ2v) is 6.36. The van der Waals surface area contributed by atoms with Crippen molar-refractivity contribution in [2.75, 3.05) is 13.1 Å². The van der Waals surface area contributed by atoms with Crippen molar-refractivity contribution in [2.24, 2.45) is 5.92 Å². The third kappa shape index (κ3) is 2.65. The molecule has 2 heterocycles. The van der Waals surface area contributed by atoms with Gasteiger partial charge in [0.25, 0.3) is 0 Å². The Morgan fingerprint density at radius 2 is 2.31 bits per heavy atom. The fourth-order valence-corrected chi connectivity index (χ4v) is 3.31. The van der Waals surface area contributed by atoms with Gasteiger partial charge in [0.1, 0.15) is 0 Å². The van der Waals surface area contributed by atoms with Gasteiger partial charge in [-0.25, -0.2) is 0 Å². The van der Waals surface area contributed by atoms with Crippen LogP contribution in [-0.2, 0) is 0 Å². The van der Waals surface area contributed by atoms with Gasteiger partial charge in [-0.3, -0.25) is 9.69 Å². The number of ketones is 1. The Labute approximate surface area is 105 Å². The number of rotatable bonds is 3. The molecule has 2 atom stereocenters. The van der Waals surface area contributed by atoms with Crippen molar-refractivity contribution in [3.8, 4) is 0 Å². The summed E-state index contributed by atoms with van der Waals surface area (Å²) in [6.45, 7) is 6.00. The summed E-state index contributed by atoms with van der Waals surface area (Å²) in [5, 5.41) is 0. The van der Waals surface area contributed by atoms with Gasteiger partial charge in [-0.1, -0.05) is 18.5 Å². The molecule has 0 aliphatic carbocycles. The predicted octanol–water partition coefficient (Wildman–Crippen LogP) is 3.31. The zero-order chi connectivity index (χ0) is 11.7. The molecule has 4 heteroatoms. The molecule has 16 heavy (non-hydrogen) atoms. The topological polar surface area (TPSA) is 20.3 Å². The molecule has 2 rings (SSSR count). The summed E-state index contributed by atoms with van der Waals surface area (Å²) >= 11 is 7.20. The fraction of sp³-hybridized carbons (Fsp3) is 0.583. The largest absolute Gasteiger partial charge is 0.293 e. The van der Waals surface area contributed by atoms with Crippen LogP contribution in [0.2, 0.25) is 4.34 Å². The zero-order valence-corrected chi connectivity index (χ0v) is 11.1. The third-order valence-electron chi connectivity index (χ3n) is 3.11. The van der Waals surface area contributed by atoms with E-state index in [0.717, 1.165) is 11.4 Å². The number of Topliss-reactive ketones (excluding diaryl/α,β-unsaturated/α-hetero) is 1. The van der Waals surface area contributed by atoms with Gasteiger partial charge in [0.15, 0.2) is 5.78 Å². The van der Waals surface area contributed by atoms with E-state index in [1.165, 1.54) is 17.8 Å². The van der Waals surface area contributed by atoms with Gasteiger partial charge in [-0.15, -0.1) is 11.3 Å². The molecule has 0 N–H and O–H groups in total. The van der Waals surface area contributed by atoms with Crippen molar-refractivity contribution in [3.05, 3.63) is 21.3 Å². The first kappa shape index (κ1) is 12.1. The maximum absolute atomic E-state index is 12.0. The number of likely N-dealkylation sites (tertiary alicyclic amines) is 1. The number of carbonyl (C=O) groups is 1. The van der Waals surface area contributed by atoms with Crippen molar-refractivity contribution in [1.29, 1.82) is 0 Å². The minimum absolute atomic E-state index is 0.192. The van der Waals surface area contributed by atoms with Crippen LogP contribution >= 0.6 is 22.9 Å². The van der Waals surface area contributed by atoms with E-state index in [-0.39, 0.29) is 5.78 Å². The molecule has 1 fully saturated rings. The second kappa shape index (κ2) is 4.86. The molecule has 2 nitrogen and oxygen atoms in total. The third-order valence-corrected chi connectivity index (χ3v) is 4.38. The summed E-state index contributed by atoms with van der Waals surface area (Å²) in [5.74, 6) is 0.896. The van der Waals surface area contributed by atoms with E-state index in [0.29, 0.717) is 22.8 Å². The first-order valence-electron chi connectivity index (χ1n) is 5.59. The van der Waals surface area contributed by atoms with Gasteiger partial charge in [-0.2, -0.15) is 0 Å². The van der Waals surface area contributed by atoms with E-state index in [2.05, 4.69) is 18.7 Å². The van der Waals surface area contributed by atoms with Gasteiger partial charge in [0, 0.05) is 12.6 Å². The summed E-state index contributed by atoms with van der Waals surface area (Å²) in [7, 11) is 0. The highest BCUT2D eigenvalue weighted by Gasteiger charge is 2.27. The Morgan fingerprint density at radius 1 is 1.56 bits per heavy atom. The fourth-order valence-electron chi connectivity index (χ4n) is 2.33. The highest BCUT2D eigenvalue weighted by molar-refractivity contribution is 7.18. The highest BCUT2D eigenvalue weighted by atomic mass is 35.5. The Balaban J connectivity index is 1.97. The molecular formula is C12H16ClNOS. The lowest BCUT2D eigenvalue weighted by Crippen LogP contribution is -2.32. The average molecular weight is 258 g/mol. The van der Waals surface area contributed by atoms with Gasteiger partial charge in [-0.05, 0) is 31.4 Å². The van der Waals surface area contributed by atoms with Crippen LogP contribution in [0, 0.1) is 5.92 Å². The molecule has 0 spiro atoms. The molecule has 0 saturated carbocycles. The van der Waals surface area contributed by atoms with E-state index in [9.17, 15) is 4.79 Å². The van der Waals surface area contributed by atoms with Crippen LogP contribution in [0.1, 0.15) is 29.9 Å². The molecule has 0 radical (unpaired) electrons. The smallest absolute Gasteiger partial charge is 0.186 e. The van der Waals surface area contributed by atoms with Gasteiger partial charge < -0.3 is 0 Å². The molecule has 1 aliphatic heterocycles. The van der Waals surface area contributed by atoms with Crippen LogP contribution in [0.4, 0.5) is 0 Å². The minimum Gasteiger partial charge on any atom is -0.293 e. The van der Waals surface area contributed by atoms with Crippen molar-refractivity contribution < 1.29 is 4.79 Å². The Kier molecular flexibility index (Phi) is 3.67. The SMILES string of the molecule is CC1CC(C)N(CC(=O)c2ccc(Cl)s2)C1. The van der Waals surface area contributed by atoms with Crippen molar-refractivity contribution in [1.82, 2.24) is 4.90 Å². The molecule has 0 bridgehead atoms. The number of nitrogens with zero attached hydrogens (tertiary/aromatic N) is 1. The quantitative estimate of drug-likeness (QED) is 0.775. The molecule has 1 aromatic heterocycles. The van der Waals surface area contributed by atoms with Crippen molar-refractivity contribution in [2.45, 2.75) is 26.3 Å². The van der Waals surface area contributed by atoms with Crippen molar-refractivity contribution in [3.63, 3.8) is 0 Å². The number of hydrogen-bond acceptors (Lipinski definition) is 3. The highest BCUT2D eigenvalue weighted by Crippen LogP contribution is 2.25. The first-order chi connectivity index (χ1) is 7.56. The summed E-state index contributed by atoms with van der Waals surface area (Å²) < 4.78 is 0.686. The summed E-state index contributed by atoms with van der Waals surface area (Å²) in [4.78, 5) is 15.0. The number of hydrogen-bond donors (Lipinski definition) is 0. The van der Waals surface area contributed by atoms with Crippen LogP contribution in [-0.4, -0.2) is 29.8 Å². The van der Waals surface area contributed by atoms with E-state index in [1.54, 1.807) is 6.07 Å². The van der Waals surface area contributed by atoms with Gasteiger partial charge >= 0.3 is 0 Å². The molecule has 88 valence electrons. The average Bonchev–Trinajstić information content (AvgIpc) is 2.74. The lowest BCUT2D eigenvalue weighted by Gasteiger charge is -2.19. The number of thiophene rings is 1. The minimum atomic E-state index is 0.192. The molecule has 1 aliphatic rings. The first-order valence-corrected chi connectivity index (χ1v) is 6.78. The van der Waals surface area contributed by atoms with Gasteiger partial charge in [0.05, 0.1) is 15.8 Å². The normalized spacial score (nSPS) is 26.2. The van der Waals surface area contributed by atoms with Crippen LogP contribution in [0.5, 0.6) is 0 Å². The Morgan fingerprint density at radius 3 is 2.81 bits per heavy atom. The lowest BCUT2D eigenvalue weighted by atomic mass is 10.1. The van der Waals surface area contributed by atoms with Crippen LogP contribution in [0.15, 0.2) is 12.1 Å². The monoisotopic (exact) mass is 257 g/mol. The Bertz CT molecular complexity index is 390. The predicted molar refractivity (Wildman–Crippen MR) is 68.5 cm³/mol. The maximum atomic E-state index is 12.0. The Hall–Kier alpha value is -0.380. The molecule has 2 unspecified atom stereocenters. The summed E-state index contributed by atoms with van der Waals surface area (Å²) in [5.41, 5.74) is 0. The second-order valence-electron chi connectivity index (χ2n) is 4.65. The summed E-state index contributed by atoms with van der Waals surface area (Å²) in [6.07, 6.45) is 1.19. The van der Waals surface area contributed by atoms with E-state index in [1.807, 2.05) is 6.07 Å². The number of carbonyl (C=O) groups excluding carboxylic acids is 1. The molecule has 0 amide bonds. The summed E-state index contributed by atoms with van der Waals surface area (Å²) in [6, 6.07) is 4.13. The molecule has 0 aromatic carbocycles. The standard InChI is InChI=1S/C12H16ClNOS/c1-8-5-9(2)14(6-8)7-10(15)11-3-4-12(13)16-11/h3-4,8-9H,5-7H2,1-2H3. The molecular weight excluding hydrogens is 242 g/mol. The molecule has 1 saturated heterocycles. The van der Waals surface area contributed by atoms with E-state index < -0.39 is 0 Å². The zero-order valence-electron chi connectivity index (χ0n) is 9.57. The van der Waals surface area contributed by atoms with E-state index >= 15 is 0 Å². The van der Waals surface area contributed by atoms with E-state index in [4.69, 9.17) is 11.6 Å². The maximum Gasteiger partial charge on any atom is 0.186 e. The number of halogens is 1.